The van der Waals surface area contributed by atoms with Gasteiger partial charge in [0.15, 0.2) is 5.82 Å². The molecule has 1 aromatic rings. The Morgan fingerprint density at radius 2 is 1.89 bits per heavy atom. The second kappa shape index (κ2) is 7.63. The van der Waals surface area contributed by atoms with Crippen LogP contribution in [-0.2, 0) is 6.42 Å². The molecule has 2 rings (SSSR count). The molecule has 2 N–H and O–H groups in total. The molecule has 1 aliphatic rings. The van der Waals surface area contributed by atoms with E-state index in [1.807, 2.05) is 0 Å². The molecule has 0 aromatic carbocycles. The molecule has 0 aliphatic heterocycles. The zero-order valence-corrected chi connectivity index (χ0v) is 12.1. The van der Waals surface area contributed by atoms with Crippen molar-refractivity contribution in [2.45, 2.75) is 70.6 Å². The Morgan fingerprint density at radius 3 is 2.58 bits per heavy atom. The quantitative estimate of drug-likeness (QED) is 0.886. The van der Waals surface area contributed by atoms with Crippen molar-refractivity contribution >= 4 is 0 Å². The van der Waals surface area contributed by atoms with Crippen LogP contribution < -0.4 is 5.73 Å². The SMILES string of the molecule is CC(CN)CCc1nc(C2CCCCCCC2)no1. The van der Waals surface area contributed by atoms with Crippen molar-refractivity contribution < 1.29 is 4.52 Å². The number of aromatic nitrogens is 2. The third kappa shape index (κ3) is 4.60. The minimum absolute atomic E-state index is 0.518. The molecule has 0 radical (unpaired) electrons. The summed E-state index contributed by atoms with van der Waals surface area (Å²) in [4.78, 5) is 4.59. The van der Waals surface area contributed by atoms with E-state index < -0.39 is 0 Å². The van der Waals surface area contributed by atoms with Crippen molar-refractivity contribution in [1.82, 2.24) is 10.1 Å². The van der Waals surface area contributed by atoms with E-state index in [1.165, 1.54) is 44.9 Å². The maximum absolute atomic E-state index is 5.62. The number of hydrogen-bond donors (Lipinski definition) is 1. The topological polar surface area (TPSA) is 64.9 Å². The van der Waals surface area contributed by atoms with Gasteiger partial charge in [-0.1, -0.05) is 44.2 Å². The van der Waals surface area contributed by atoms with Gasteiger partial charge in [0.2, 0.25) is 5.89 Å². The highest BCUT2D eigenvalue weighted by Crippen LogP contribution is 2.29. The van der Waals surface area contributed by atoms with Gasteiger partial charge in [-0.2, -0.15) is 4.98 Å². The fourth-order valence-electron chi connectivity index (χ4n) is 2.74. The normalized spacial score (nSPS) is 19.9. The molecule has 1 heterocycles. The summed E-state index contributed by atoms with van der Waals surface area (Å²) in [6.07, 6.45) is 11.0. The third-order valence-corrected chi connectivity index (χ3v) is 4.21. The van der Waals surface area contributed by atoms with Crippen molar-refractivity contribution in [2.24, 2.45) is 11.7 Å². The van der Waals surface area contributed by atoms with Crippen molar-refractivity contribution in [1.29, 1.82) is 0 Å². The van der Waals surface area contributed by atoms with E-state index in [1.54, 1.807) is 0 Å². The zero-order chi connectivity index (χ0) is 13.5. The van der Waals surface area contributed by atoms with Gasteiger partial charge in [-0.3, -0.25) is 0 Å². The minimum Gasteiger partial charge on any atom is -0.339 e. The fourth-order valence-corrected chi connectivity index (χ4v) is 2.74. The third-order valence-electron chi connectivity index (χ3n) is 4.21. The predicted molar refractivity (Wildman–Crippen MR) is 75.9 cm³/mol. The van der Waals surface area contributed by atoms with E-state index in [9.17, 15) is 0 Å². The number of aryl methyl sites for hydroxylation is 1. The van der Waals surface area contributed by atoms with E-state index in [-0.39, 0.29) is 0 Å². The molecule has 0 bridgehead atoms. The van der Waals surface area contributed by atoms with Gasteiger partial charge in [0.25, 0.3) is 0 Å². The molecule has 1 fully saturated rings. The Kier molecular flexibility index (Phi) is 5.83. The lowest BCUT2D eigenvalue weighted by Crippen LogP contribution is -2.11. The Bertz CT molecular complexity index is 356. The van der Waals surface area contributed by atoms with Gasteiger partial charge in [-0.15, -0.1) is 0 Å². The van der Waals surface area contributed by atoms with Gasteiger partial charge >= 0.3 is 0 Å². The zero-order valence-electron chi connectivity index (χ0n) is 12.1. The first-order valence-corrected chi connectivity index (χ1v) is 7.82. The molecule has 0 saturated heterocycles. The number of rotatable bonds is 5. The lowest BCUT2D eigenvalue weighted by molar-refractivity contribution is 0.352. The Morgan fingerprint density at radius 1 is 1.21 bits per heavy atom. The van der Waals surface area contributed by atoms with Crippen molar-refractivity contribution in [3.8, 4) is 0 Å². The van der Waals surface area contributed by atoms with Crippen LogP contribution in [0.5, 0.6) is 0 Å². The highest BCUT2D eigenvalue weighted by Gasteiger charge is 2.19. The molecule has 1 unspecified atom stereocenters. The first kappa shape index (κ1) is 14.5. The molecule has 1 atom stereocenters. The van der Waals surface area contributed by atoms with Crippen LogP contribution in [0, 0.1) is 5.92 Å². The van der Waals surface area contributed by atoms with Crippen LogP contribution in [0.15, 0.2) is 4.52 Å². The molecular weight excluding hydrogens is 238 g/mol. The van der Waals surface area contributed by atoms with Crippen LogP contribution in [-0.4, -0.2) is 16.7 Å². The average molecular weight is 265 g/mol. The second-order valence-corrected chi connectivity index (χ2v) is 5.97. The standard InChI is InChI=1S/C15H27N3O/c1-12(11-16)9-10-14-17-15(18-19-14)13-7-5-3-2-4-6-8-13/h12-13H,2-11,16H2,1H3. The monoisotopic (exact) mass is 265 g/mol. The lowest BCUT2D eigenvalue weighted by Gasteiger charge is -2.15. The van der Waals surface area contributed by atoms with Crippen LogP contribution in [0.1, 0.15) is 75.9 Å². The number of nitrogens with zero attached hydrogens (tertiary/aromatic N) is 2. The first-order chi connectivity index (χ1) is 9.29. The average Bonchev–Trinajstić information content (AvgIpc) is 2.84. The largest absolute Gasteiger partial charge is 0.339 e. The molecule has 1 aromatic heterocycles. The number of nitrogens with two attached hydrogens (primary N) is 1. The summed E-state index contributed by atoms with van der Waals surface area (Å²) >= 11 is 0. The summed E-state index contributed by atoms with van der Waals surface area (Å²) in [6.45, 7) is 2.88. The Balaban J connectivity index is 1.87. The van der Waals surface area contributed by atoms with E-state index in [0.717, 1.165) is 31.1 Å². The maximum atomic E-state index is 5.62. The van der Waals surface area contributed by atoms with Crippen LogP contribution >= 0.6 is 0 Å². The van der Waals surface area contributed by atoms with Crippen LogP contribution in [0.4, 0.5) is 0 Å². The molecule has 108 valence electrons. The summed E-state index contributed by atoms with van der Waals surface area (Å²) < 4.78 is 5.38. The summed E-state index contributed by atoms with van der Waals surface area (Å²) in [6, 6.07) is 0. The van der Waals surface area contributed by atoms with Crippen LogP contribution in [0.3, 0.4) is 0 Å². The Labute approximate surface area is 116 Å². The first-order valence-electron chi connectivity index (χ1n) is 7.82. The summed E-state index contributed by atoms with van der Waals surface area (Å²) in [5, 5.41) is 4.20. The lowest BCUT2D eigenvalue weighted by atomic mass is 9.91. The summed E-state index contributed by atoms with van der Waals surface area (Å²) in [5.74, 6) is 2.77. The molecule has 0 amide bonds. The van der Waals surface area contributed by atoms with E-state index >= 15 is 0 Å². The van der Waals surface area contributed by atoms with Gasteiger partial charge in [-0.05, 0) is 31.7 Å². The molecular formula is C15H27N3O. The van der Waals surface area contributed by atoms with Crippen molar-refractivity contribution in [2.75, 3.05) is 6.54 Å². The highest BCUT2D eigenvalue weighted by atomic mass is 16.5. The minimum atomic E-state index is 0.518. The molecule has 19 heavy (non-hydrogen) atoms. The van der Waals surface area contributed by atoms with E-state index in [2.05, 4.69) is 17.1 Å². The maximum Gasteiger partial charge on any atom is 0.226 e. The predicted octanol–water partition coefficient (Wildman–Crippen LogP) is 3.42. The fraction of sp³-hybridized carbons (Fsp3) is 0.867. The van der Waals surface area contributed by atoms with Crippen molar-refractivity contribution in [3.63, 3.8) is 0 Å². The highest BCUT2D eigenvalue weighted by molar-refractivity contribution is 4.96. The summed E-state index contributed by atoms with van der Waals surface area (Å²) in [5.41, 5.74) is 5.62. The molecule has 4 heteroatoms. The number of hydrogen-bond acceptors (Lipinski definition) is 4. The smallest absolute Gasteiger partial charge is 0.226 e. The van der Waals surface area contributed by atoms with Gasteiger partial charge in [0.1, 0.15) is 0 Å². The molecule has 4 nitrogen and oxygen atoms in total. The van der Waals surface area contributed by atoms with E-state index in [4.69, 9.17) is 10.3 Å². The molecule has 1 saturated carbocycles. The van der Waals surface area contributed by atoms with Gasteiger partial charge in [0.05, 0.1) is 0 Å². The van der Waals surface area contributed by atoms with Crippen LogP contribution in [0.2, 0.25) is 0 Å². The van der Waals surface area contributed by atoms with Crippen LogP contribution in [0.25, 0.3) is 0 Å². The van der Waals surface area contributed by atoms with Gasteiger partial charge < -0.3 is 10.3 Å². The molecule has 0 spiro atoms. The van der Waals surface area contributed by atoms with Gasteiger partial charge in [-0.25, -0.2) is 0 Å². The molecule has 1 aliphatic carbocycles. The second-order valence-electron chi connectivity index (χ2n) is 5.97. The summed E-state index contributed by atoms with van der Waals surface area (Å²) in [7, 11) is 0. The Hall–Kier alpha value is -0.900. The van der Waals surface area contributed by atoms with Crippen molar-refractivity contribution in [3.05, 3.63) is 11.7 Å². The van der Waals surface area contributed by atoms with E-state index in [0.29, 0.717) is 11.8 Å². The van der Waals surface area contributed by atoms with Gasteiger partial charge in [0, 0.05) is 12.3 Å².